The van der Waals surface area contributed by atoms with E-state index in [1.165, 1.54) is 4.88 Å². The van der Waals surface area contributed by atoms with E-state index in [1.54, 1.807) is 17.6 Å². The van der Waals surface area contributed by atoms with Crippen molar-refractivity contribution in [2.24, 2.45) is 0 Å². The van der Waals surface area contributed by atoms with Gasteiger partial charge in [0.1, 0.15) is 0 Å². The standard InChI is InChI=1S/C15H12BrNOS/c1-9-6-7-18-14(9)15-17-13(10(2)19-15)11-4-3-5-12(16)8-11/h3-8H,1-2H3. The van der Waals surface area contributed by atoms with Gasteiger partial charge >= 0.3 is 0 Å². The molecule has 0 saturated heterocycles. The molecule has 0 aliphatic heterocycles. The molecule has 4 heteroatoms. The highest BCUT2D eigenvalue weighted by Gasteiger charge is 2.15. The quantitative estimate of drug-likeness (QED) is 0.623. The Morgan fingerprint density at radius 3 is 2.74 bits per heavy atom. The molecule has 0 amide bonds. The zero-order valence-corrected chi connectivity index (χ0v) is 13.0. The van der Waals surface area contributed by atoms with Gasteiger partial charge in [-0.2, -0.15) is 0 Å². The fraction of sp³-hybridized carbons (Fsp3) is 0.133. The van der Waals surface area contributed by atoms with Gasteiger partial charge in [0.25, 0.3) is 0 Å². The summed E-state index contributed by atoms with van der Waals surface area (Å²) in [5.41, 5.74) is 3.27. The van der Waals surface area contributed by atoms with Gasteiger partial charge < -0.3 is 4.42 Å². The second-order valence-electron chi connectivity index (χ2n) is 4.37. The summed E-state index contributed by atoms with van der Waals surface area (Å²) in [6, 6.07) is 10.2. The highest BCUT2D eigenvalue weighted by molar-refractivity contribution is 9.10. The van der Waals surface area contributed by atoms with E-state index in [0.29, 0.717) is 0 Å². The van der Waals surface area contributed by atoms with Crippen LogP contribution in [0.1, 0.15) is 10.4 Å². The van der Waals surface area contributed by atoms with Gasteiger partial charge in [-0.05, 0) is 37.6 Å². The highest BCUT2D eigenvalue weighted by Crippen LogP contribution is 2.35. The first-order valence-electron chi connectivity index (χ1n) is 5.93. The third kappa shape index (κ3) is 2.38. The van der Waals surface area contributed by atoms with Gasteiger partial charge in [-0.1, -0.05) is 28.1 Å². The molecule has 0 radical (unpaired) electrons. The molecule has 3 aromatic rings. The van der Waals surface area contributed by atoms with E-state index < -0.39 is 0 Å². The Hall–Kier alpha value is -1.39. The molecular formula is C15H12BrNOS. The monoisotopic (exact) mass is 333 g/mol. The van der Waals surface area contributed by atoms with Crippen LogP contribution in [0, 0.1) is 13.8 Å². The molecule has 2 nitrogen and oxygen atoms in total. The summed E-state index contributed by atoms with van der Waals surface area (Å²) in [4.78, 5) is 5.93. The molecule has 2 heterocycles. The van der Waals surface area contributed by atoms with Gasteiger partial charge in [-0.15, -0.1) is 11.3 Å². The maximum absolute atomic E-state index is 5.52. The third-order valence-electron chi connectivity index (χ3n) is 2.95. The number of halogens is 1. The number of furan rings is 1. The molecule has 0 N–H and O–H groups in total. The van der Waals surface area contributed by atoms with Crippen LogP contribution in [0.5, 0.6) is 0 Å². The Labute approximate surface area is 124 Å². The van der Waals surface area contributed by atoms with Crippen molar-refractivity contribution in [1.29, 1.82) is 0 Å². The number of nitrogens with zero attached hydrogens (tertiary/aromatic N) is 1. The van der Waals surface area contributed by atoms with Crippen LogP contribution >= 0.6 is 27.3 Å². The second kappa shape index (κ2) is 4.94. The topological polar surface area (TPSA) is 26.0 Å². The molecule has 0 aliphatic rings. The Bertz CT molecular complexity index is 729. The van der Waals surface area contributed by atoms with Crippen LogP contribution in [0.25, 0.3) is 22.0 Å². The van der Waals surface area contributed by atoms with Crippen molar-refractivity contribution in [3.8, 4) is 22.0 Å². The van der Waals surface area contributed by atoms with Gasteiger partial charge in [0.2, 0.25) is 0 Å². The molecule has 0 aliphatic carbocycles. The van der Waals surface area contributed by atoms with Gasteiger partial charge in [-0.3, -0.25) is 0 Å². The number of thiazole rings is 1. The average molecular weight is 334 g/mol. The van der Waals surface area contributed by atoms with Crippen LogP contribution in [0.4, 0.5) is 0 Å². The Morgan fingerprint density at radius 1 is 1.21 bits per heavy atom. The zero-order chi connectivity index (χ0) is 13.4. The lowest BCUT2D eigenvalue weighted by molar-refractivity contribution is 0.580. The smallest absolute Gasteiger partial charge is 0.165 e. The number of hydrogen-bond acceptors (Lipinski definition) is 3. The third-order valence-corrected chi connectivity index (χ3v) is 4.41. The normalized spacial score (nSPS) is 10.9. The summed E-state index contributed by atoms with van der Waals surface area (Å²) in [5, 5.41) is 0.940. The maximum Gasteiger partial charge on any atom is 0.165 e. The molecule has 0 unspecified atom stereocenters. The molecule has 0 atom stereocenters. The molecule has 96 valence electrons. The van der Waals surface area contributed by atoms with Gasteiger partial charge in [0.15, 0.2) is 10.8 Å². The SMILES string of the molecule is Cc1ccoc1-c1nc(-c2cccc(Br)c2)c(C)s1. The summed E-state index contributed by atoms with van der Waals surface area (Å²) >= 11 is 5.17. The Balaban J connectivity index is 2.10. The summed E-state index contributed by atoms with van der Waals surface area (Å²) in [7, 11) is 0. The minimum Gasteiger partial charge on any atom is -0.462 e. The van der Waals surface area contributed by atoms with Crippen LogP contribution in [-0.4, -0.2) is 4.98 Å². The highest BCUT2D eigenvalue weighted by atomic mass is 79.9. The molecule has 19 heavy (non-hydrogen) atoms. The van der Waals surface area contributed by atoms with E-state index in [0.717, 1.165) is 32.1 Å². The van der Waals surface area contributed by atoms with Crippen molar-refractivity contribution in [3.05, 3.63) is 51.5 Å². The molecular weight excluding hydrogens is 322 g/mol. The second-order valence-corrected chi connectivity index (χ2v) is 6.49. The van der Waals surface area contributed by atoms with E-state index in [2.05, 4.69) is 35.0 Å². The van der Waals surface area contributed by atoms with Gasteiger partial charge in [-0.25, -0.2) is 4.98 Å². The van der Waals surface area contributed by atoms with E-state index >= 15 is 0 Å². The number of aryl methyl sites for hydroxylation is 2. The van der Waals surface area contributed by atoms with Crippen LogP contribution in [0.15, 0.2) is 45.5 Å². The maximum atomic E-state index is 5.52. The lowest BCUT2D eigenvalue weighted by Crippen LogP contribution is -1.81. The molecule has 2 aromatic heterocycles. The average Bonchev–Trinajstić information content (AvgIpc) is 2.95. The lowest BCUT2D eigenvalue weighted by atomic mass is 10.1. The minimum absolute atomic E-state index is 0.870. The van der Waals surface area contributed by atoms with E-state index in [4.69, 9.17) is 9.40 Å². The Kier molecular flexibility index (Phi) is 3.29. The van der Waals surface area contributed by atoms with E-state index in [9.17, 15) is 0 Å². The predicted molar refractivity (Wildman–Crippen MR) is 82.4 cm³/mol. The molecule has 1 aromatic carbocycles. The number of aromatic nitrogens is 1. The minimum atomic E-state index is 0.870. The molecule has 0 bridgehead atoms. The number of rotatable bonds is 2. The van der Waals surface area contributed by atoms with Crippen molar-refractivity contribution in [2.75, 3.05) is 0 Å². The van der Waals surface area contributed by atoms with Crippen LogP contribution in [0.3, 0.4) is 0 Å². The van der Waals surface area contributed by atoms with Gasteiger partial charge in [0.05, 0.1) is 12.0 Å². The van der Waals surface area contributed by atoms with E-state index in [1.807, 2.05) is 25.1 Å². The molecule has 3 rings (SSSR count). The summed E-state index contributed by atoms with van der Waals surface area (Å²) < 4.78 is 6.58. The van der Waals surface area contributed by atoms with Gasteiger partial charge in [0, 0.05) is 14.9 Å². The van der Waals surface area contributed by atoms with Crippen LogP contribution < -0.4 is 0 Å². The number of benzene rings is 1. The van der Waals surface area contributed by atoms with Crippen molar-refractivity contribution in [2.45, 2.75) is 13.8 Å². The number of hydrogen-bond donors (Lipinski definition) is 0. The summed E-state index contributed by atoms with van der Waals surface area (Å²) in [5.74, 6) is 0.870. The summed E-state index contributed by atoms with van der Waals surface area (Å²) in [6.07, 6.45) is 1.71. The molecule has 0 spiro atoms. The molecule has 0 fully saturated rings. The van der Waals surface area contributed by atoms with Crippen molar-refractivity contribution < 1.29 is 4.42 Å². The predicted octanol–water partition coefficient (Wildman–Crippen LogP) is 5.45. The first kappa shape index (κ1) is 12.6. The first-order chi connectivity index (χ1) is 9.15. The van der Waals surface area contributed by atoms with E-state index in [-0.39, 0.29) is 0 Å². The van der Waals surface area contributed by atoms with Crippen molar-refractivity contribution >= 4 is 27.3 Å². The summed E-state index contributed by atoms with van der Waals surface area (Å²) in [6.45, 7) is 4.13. The van der Waals surface area contributed by atoms with Crippen molar-refractivity contribution in [3.63, 3.8) is 0 Å². The molecule has 0 saturated carbocycles. The van der Waals surface area contributed by atoms with Crippen molar-refractivity contribution in [1.82, 2.24) is 4.98 Å². The largest absolute Gasteiger partial charge is 0.462 e. The van der Waals surface area contributed by atoms with Crippen LogP contribution in [0.2, 0.25) is 0 Å². The fourth-order valence-electron chi connectivity index (χ4n) is 1.99. The lowest BCUT2D eigenvalue weighted by Gasteiger charge is -1.99. The zero-order valence-electron chi connectivity index (χ0n) is 10.6. The first-order valence-corrected chi connectivity index (χ1v) is 7.54. The van der Waals surface area contributed by atoms with Crippen LogP contribution in [-0.2, 0) is 0 Å². The fourth-order valence-corrected chi connectivity index (χ4v) is 3.38. The Morgan fingerprint density at radius 2 is 2.05 bits per heavy atom.